The fourth-order valence-corrected chi connectivity index (χ4v) is 2.30. The Balaban J connectivity index is 1.95. The van der Waals surface area contributed by atoms with Gasteiger partial charge in [-0.05, 0) is 30.5 Å². The first-order valence-corrected chi connectivity index (χ1v) is 7.06. The predicted octanol–water partition coefficient (Wildman–Crippen LogP) is 4.49. The molecule has 0 radical (unpaired) electrons. The summed E-state index contributed by atoms with van der Waals surface area (Å²) in [6.07, 6.45) is 0. The van der Waals surface area contributed by atoms with Gasteiger partial charge in [0.25, 0.3) is 0 Å². The van der Waals surface area contributed by atoms with Crippen LogP contribution in [-0.4, -0.2) is 10.8 Å². The Bertz CT molecular complexity index is 798. The highest BCUT2D eigenvalue weighted by atomic mass is 16.3. The van der Waals surface area contributed by atoms with Crippen molar-refractivity contribution in [1.29, 1.82) is 0 Å². The van der Waals surface area contributed by atoms with Crippen LogP contribution in [0.15, 0.2) is 46.9 Å². The average Bonchev–Trinajstić information content (AvgIpc) is 2.89. The zero-order valence-corrected chi connectivity index (χ0v) is 12.4. The lowest BCUT2D eigenvalue weighted by Crippen LogP contribution is -2.00. The molecule has 0 aliphatic heterocycles. The second-order valence-electron chi connectivity index (χ2n) is 5.55. The fourth-order valence-electron chi connectivity index (χ4n) is 2.30. The van der Waals surface area contributed by atoms with Gasteiger partial charge in [0.15, 0.2) is 11.3 Å². The molecular formula is C18H17NO2. The van der Waals surface area contributed by atoms with E-state index in [0.717, 1.165) is 11.2 Å². The third-order valence-electron chi connectivity index (χ3n) is 3.58. The van der Waals surface area contributed by atoms with Gasteiger partial charge in [-0.1, -0.05) is 38.1 Å². The van der Waals surface area contributed by atoms with E-state index in [9.17, 15) is 4.79 Å². The molecular weight excluding hydrogens is 262 g/mol. The van der Waals surface area contributed by atoms with Crippen LogP contribution >= 0.6 is 0 Å². The summed E-state index contributed by atoms with van der Waals surface area (Å²) in [5.41, 5.74) is 4.12. The van der Waals surface area contributed by atoms with Crippen molar-refractivity contribution in [2.24, 2.45) is 0 Å². The van der Waals surface area contributed by atoms with Crippen molar-refractivity contribution < 1.29 is 9.21 Å². The van der Waals surface area contributed by atoms with Gasteiger partial charge >= 0.3 is 0 Å². The Kier molecular flexibility index (Phi) is 3.34. The summed E-state index contributed by atoms with van der Waals surface area (Å²) < 4.78 is 5.60. The molecule has 1 aromatic carbocycles. The molecule has 3 heteroatoms. The van der Waals surface area contributed by atoms with Crippen LogP contribution in [0.3, 0.4) is 0 Å². The minimum Gasteiger partial charge on any atom is -0.451 e. The normalized spacial score (nSPS) is 11.2. The van der Waals surface area contributed by atoms with Crippen LogP contribution in [0.4, 0.5) is 0 Å². The van der Waals surface area contributed by atoms with Crippen molar-refractivity contribution in [3.05, 3.63) is 65.0 Å². The summed E-state index contributed by atoms with van der Waals surface area (Å²) >= 11 is 0. The second-order valence-corrected chi connectivity index (χ2v) is 5.55. The zero-order chi connectivity index (χ0) is 15.0. The summed E-state index contributed by atoms with van der Waals surface area (Å²) in [4.78, 5) is 16.8. The minimum atomic E-state index is -0.110. The number of benzene rings is 1. The van der Waals surface area contributed by atoms with Gasteiger partial charge in [0.1, 0.15) is 5.52 Å². The summed E-state index contributed by atoms with van der Waals surface area (Å²) in [6, 6.07) is 13.1. The number of pyridine rings is 1. The molecule has 0 aliphatic carbocycles. The largest absolute Gasteiger partial charge is 0.451 e. The molecule has 0 aliphatic rings. The number of furan rings is 1. The van der Waals surface area contributed by atoms with E-state index in [4.69, 9.17) is 4.42 Å². The number of carbonyl (C=O) groups excluding carboxylic acids is 1. The molecule has 0 fully saturated rings. The van der Waals surface area contributed by atoms with Gasteiger partial charge in [-0.3, -0.25) is 4.79 Å². The molecule has 0 spiro atoms. The fraction of sp³-hybridized carbons (Fsp3) is 0.222. The van der Waals surface area contributed by atoms with Crippen LogP contribution in [0.1, 0.15) is 47.1 Å². The van der Waals surface area contributed by atoms with Crippen LogP contribution in [0, 0.1) is 6.92 Å². The van der Waals surface area contributed by atoms with E-state index in [0.29, 0.717) is 22.8 Å². The number of rotatable bonds is 3. The quantitative estimate of drug-likeness (QED) is 0.663. The average molecular weight is 279 g/mol. The van der Waals surface area contributed by atoms with E-state index in [2.05, 4.69) is 18.8 Å². The lowest BCUT2D eigenvalue weighted by Gasteiger charge is -2.05. The first-order valence-electron chi connectivity index (χ1n) is 7.06. The van der Waals surface area contributed by atoms with E-state index >= 15 is 0 Å². The number of aromatic nitrogens is 1. The van der Waals surface area contributed by atoms with Gasteiger partial charge in [0, 0.05) is 17.3 Å². The summed E-state index contributed by atoms with van der Waals surface area (Å²) in [5, 5.41) is 0. The summed E-state index contributed by atoms with van der Waals surface area (Å²) in [7, 11) is 0. The number of hydrogen-bond acceptors (Lipinski definition) is 3. The molecule has 21 heavy (non-hydrogen) atoms. The lowest BCUT2D eigenvalue weighted by atomic mass is 10.00. The highest BCUT2D eigenvalue weighted by Crippen LogP contribution is 2.21. The maximum Gasteiger partial charge on any atom is 0.228 e. The van der Waals surface area contributed by atoms with Gasteiger partial charge < -0.3 is 4.42 Å². The Morgan fingerprint density at radius 3 is 2.48 bits per heavy atom. The van der Waals surface area contributed by atoms with Crippen molar-refractivity contribution in [2.75, 3.05) is 0 Å². The Morgan fingerprint density at radius 2 is 1.81 bits per heavy atom. The highest BCUT2D eigenvalue weighted by Gasteiger charge is 2.15. The SMILES string of the molecule is Cc1ccc2oc(C(=O)c3ccc(C(C)C)cc3)cc2n1. The van der Waals surface area contributed by atoms with Crippen LogP contribution in [0.2, 0.25) is 0 Å². The second kappa shape index (κ2) is 5.17. The zero-order valence-electron chi connectivity index (χ0n) is 12.4. The van der Waals surface area contributed by atoms with Crippen LogP contribution < -0.4 is 0 Å². The van der Waals surface area contributed by atoms with Gasteiger partial charge in [0.2, 0.25) is 5.78 Å². The number of fused-ring (bicyclic) bond motifs is 1. The van der Waals surface area contributed by atoms with Crippen LogP contribution in [0.5, 0.6) is 0 Å². The van der Waals surface area contributed by atoms with E-state index < -0.39 is 0 Å². The first kappa shape index (κ1) is 13.6. The van der Waals surface area contributed by atoms with E-state index in [1.165, 1.54) is 5.56 Å². The number of nitrogens with zero attached hydrogens (tertiary/aromatic N) is 1. The lowest BCUT2D eigenvalue weighted by molar-refractivity contribution is 0.101. The number of aryl methyl sites for hydroxylation is 1. The number of hydrogen-bond donors (Lipinski definition) is 0. The topological polar surface area (TPSA) is 43.1 Å². The van der Waals surface area contributed by atoms with E-state index in [1.807, 2.05) is 43.3 Å². The number of carbonyl (C=O) groups is 1. The first-order chi connectivity index (χ1) is 10.0. The Labute approximate surface area is 123 Å². The van der Waals surface area contributed by atoms with E-state index in [-0.39, 0.29) is 5.78 Å². The highest BCUT2D eigenvalue weighted by molar-refractivity contribution is 6.08. The summed E-state index contributed by atoms with van der Waals surface area (Å²) in [5.74, 6) is 0.675. The van der Waals surface area contributed by atoms with Crippen LogP contribution in [0.25, 0.3) is 11.1 Å². The molecule has 106 valence electrons. The molecule has 3 nitrogen and oxygen atoms in total. The maximum absolute atomic E-state index is 12.5. The third-order valence-corrected chi connectivity index (χ3v) is 3.58. The third kappa shape index (κ3) is 2.59. The standard InChI is InChI=1S/C18H17NO2/c1-11(2)13-5-7-14(8-6-13)18(20)17-10-15-16(21-17)9-4-12(3)19-15/h4-11H,1-3H3. The smallest absolute Gasteiger partial charge is 0.228 e. The molecule has 0 amide bonds. The molecule has 0 N–H and O–H groups in total. The van der Waals surface area contributed by atoms with Gasteiger partial charge in [-0.2, -0.15) is 0 Å². The molecule has 0 saturated heterocycles. The molecule has 2 aromatic heterocycles. The molecule has 0 saturated carbocycles. The van der Waals surface area contributed by atoms with Crippen molar-refractivity contribution in [3.8, 4) is 0 Å². The molecule has 0 bridgehead atoms. The number of ketones is 1. The van der Waals surface area contributed by atoms with E-state index in [1.54, 1.807) is 6.07 Å². The van der Waals surface area contributed by atoms with Crippen molar-refractivity contribution in [3.63, 3.8) is 0 Å². The van der Waals surface area contributed by atoms with Gasteiger partial charge in [0.05, 0.1) is 0 Å². The van der Waals surface area contributed by atoms with Crippen molar-refractivity contribution in [1.82, 2.24) is 4.98 Å². The summed E-state index contributed by atoms with van der Waals surface area (Å²) in [6.45, 7) is 6.17. The molecule has 3 aromatic rings. The Morgan fingerprint density at radius 1 is 1.10 bits per heavy atom. The van der Waals surface area contributed by atoms with Crippen LogP contribution in [-0.2, 0) is 0 Å². The Hall–Kier alpha value is -2.42. The molecule has 3 rings (SSSR count). The maximum atomic E-state index is 12.5. The van der Waals surface area contributed by atoms with Crippen molar-refractivity contribution in [2.45, 2.75) is 26.7 Å². The molecule has 0 atom stereocenters. The van der Waals surface area contributed by atoms with Gasteiger partial charge in [-0.25, -0.2) is 4.98 Å². The molecule has 2 heterocycles. The van der Waals surface area contributed by atoms with Crippen molar-refractivity contribution >= 4 is 16.9 Å². The monoisotopic (exact) mass is 279 g/mol. The minimum absolute atomic E-state index is 0.110. The predicted molar refractivity (Wildman–Crippen MR) is 82.7 cm³/mol. The molecule has 0 unspecified atom stereocenters. The van der Waals surface area contributed by atoms with Gasteiger partial charge in [-0.15, -0.1) is 0 Å².